The van der Waals surface area contributed by atoms with Gasteiger partial charge in [0.05, 0.1) is 5.92 Å². The number of likely N-dealkylation sites (tertiary alicyclic amines) is 1. The number of hydrogen-bond donors (Lipinski definition) is 1. The maximum Gasteiger partial charge on any atom is 0.312 e. The molecule has 1 saturated heterocycles. The van der Waals surface area contributed by atoms with E-state index in [0.29, 0.717) is 18.0 Å². The SMILES string of the molecule is O=C(O)C(CN1CCCCC1)c1ccc2c(c1)OCO2. The van der Waals surface area contributed by atoms with Crippen LogP contribution in [0.3, 0.4) is 0 Å². The van der Waals surface area contributed by atoms with Crippen molar-refractivity contribution in [3.63, 3.8) is 0 Å². The first-order valence-corrected chi connectivity index (χ1v) is 7.09. The van der Waals surface area contributed by atoms with Crippen molar-refractivity contribution in [3.05, 3.63) is 23.8 Å². The quantitative estimate of drug-likeness (QED) is 0.913. The van der Waals surface area contributed by atoms with E-state index in [2.05, 4.69) is 4.90 Å². The van der Waals surface area contributed by atoms with Crippen molar-refractivity contribution >= 4 is 5.97 Å². The van der Waals surface area contributed by atoms with Crippen LogP contribution in [0.2, 0.25) is 0 Å². The molecule has 1 aromatic carbocycles. The molecule has 1 fully saturated rings. The zero-order valence-corrected chi connectivity index (χ0v) is 11.4. The summed E-state index contributed by atoms with van der Waals surface area (Å²) in [5.41, 5.74) is 0.785. The smallest absolute Gasteiger partial charge is 0.312 e. The first-order valence-electron chi connectivity index (χ1n) is 7.09. The van der Waals surface area contributed by atoms with E-state index in [4.69, 9.17) is 9.47 Å². The van der Waals surface area contributed by atoms with Crippen LogP contribution in [-0.4, -0.2) is 42.4 Å². The van der Waals surface area contributed by atoms with Gasteiger partial charge in [0.1, 0.15) is 0 Å². The highest BCUT2D eigenvalue weighted by molar-refractivity contribution is 5.76. The van der Waals surface area contributed by atoms with Crippen LogP contribution in [0.15, 0.2) is 18.2 Å². The molecule has 3 rings (SSSR count). The van der Waals surface area contributed by atoms with E-state index < -0.39 is 11.9 Å². The molecule has 2 aliphatic heterocycles. The minimum absolute atomic E-state index is 0.211. The molecule has 0 spiro atoms. The average Bonchev–Trinajstić information content (AvgIpc) is 2.93. The number of hydrogen-bond acceptors (Lipinski definition) is 4. The van der Waals surface area contributed by atoms with E-state index in [-0.39, 0.29) is 6.79 Å². The van der Waals surface area contributed by atoms with Gasteiger partial charge in [0.2, 0.25) is 6.79 Å². The topological polar surface area (TPSA) is 59.0 Å². The lowest BCUT2D eigenvalue weighted by molar-refractivity contribution is -0.139. The highest BCUT2D eigenvalue weighted by Crippen LogP contribution is 2.35. The molecule has 108 valence electrons. The van der Waals surface area contributed by atoms with Gasteiger partial charge in [-0.25, -0.2) is 0 Å². The molecule has 0 saturated carbocycles. The Morgan fingerprint density at radius 2 is 1.95 bits per heavy atom. The maximum atomic E-state index is 11.6. The molecule has 2 aliphatic rings. The molecule has 2 heterocycles. The summed E-state index contributed by atoms with van der Waals surface area (Å²) in [7, 11) is 0. The summed E-state index contributed by atoms with van der Waals surface area (Å²) in [5.74, 6) is 0.0419. The summed E-state index contributed by atoms with van der Waals surface area (Å²) in [4.78, 5) is 13.8. The molecule has 5 heteroatoms. The number of benzene rings is 1. The summed E-state index contributed by atoms with van der Waals surface area (Å²) >= 11 is 0. The molecule has 1 aromatic rings. The Labute approximate surface area is 118 Å². The second kappa shape index (κ2) is 5.71. The van der Waals surface area contributed by atoms with Crippen LogP contribution < -0.4 is 9.47 Å². The second-order valence-electron chi connectivity index (χ2n) is 5.36. The van der Waals surface area contributed by atoms with Crippen molar-refractivity contribution in [1.82, 2.24) is 4.90 Å². The monoisotopic (exact) mass is 277 g/mol. The number of carboxylic acids is 1. The summed E-state index contributed by atoms with van der Waals surface area (Å²) < 4.78 is 10.6. The molecule has 0 aliphatic carbocycles. The Morgan fingerprint density at radius 1 is 1.20 bits per heavy atom. The standard InChI is InChI=1S/C15H19NO4/c17-15(18)12(9-16-6-2-1-3-7-16)11-4-5-13-14(8-11)20-10-19-13/h4-5,8,12H,1-3,6-7,9-10H2,(H,17,18). The lowest BCUT2D eigenvalue weighted by Gasteiger charge is -2.29. The number of aliphatic carboxylic acids is 1. The Hall–Kier alpha value is -1.75. The fraction of sp³-hybridized carbons (Fsp3) is 0.533. The molecule has 1 unspecified atom stereocenters. The minimum atomic E-state index is -0.783. The third kappa shape index (κ3) is 2.72. The van der Waals surface area contributed by atoms with Gasteiger partial charge in [-0.2, -0.15) is 0 Å². The number of carbonyl (C=O) groups is 1. The van der Waals surface area contributed by atoms with Crippen molar-refractivity contribution < 1.29 is 19.4 Å². The zero-order chi connectivity index (χ0) is 13.9. The molecule has 0 bridgehead atoms. The molecular formula is C15H19NO4. The van der Waals surface area contributed by atoms with E-state index in [0.717, 1.165) is 31.5 Å². The predicted octanol–water partition coefficient (Wildman–Crippen LogP) is 2.07. The van der Waals surface area contributed by atoms with E-state index in [1.54, 1.807) is 12.1 Å². The fourth-order valence-corrected chi connectivity index (χ4v) is 2.86. The molecule has 0 radical (unpaired) electrons. The Kier molecular flexibility index (Phi) is 3.78. The predicted molar refractivity (Wildman–Crippen MR) is 73.2 cm³/mol. The highest BCUT2D eigenvalue weighted by Gasteiger charge is 2.26. The van der Waals surface area contributed by atoms with Crippen molar-refractivity contribution in [2.24, 2.45) is 0 Å². The van der Waals surface area contributed by atoms with Crippen LogP contribution in [0.5, 0.6) is 11.5 Å². The lowest BCUT2D eigenvalue weighted by Crippen LogP contribution is -2.35. The number of carboxylic acid groups (broad SMARTS) is 1. The molecule has 1 atom stereocenters. The van der Waals surface area contributed by atoms with Crippen molar-refractivity contribution in [3.8, 4) is 11.5 Å². The van der Waals surface area contributed by atoms with Crippen LogP contribution in [0.4, 0.5) is 0 Å². The number of rotatable bonds is 4. The molecule has 1 N–H and O–H groups in total. The van der Waals surface area contributed by atoms with E-state index in [9.17, 15) is 9.90 Å². The van der Waals surface area contributed by atoms with Crippen molar-refractivity contribution in [2.45, 2.75) is 25.2 Å². The van der Waals surface area contributed by atoms with Gasteiger partial charge in [-0.1, -0.05) is 12.5 Å². The van der Waals surface area contributed by atoms with Gasteiger partial charge >= 0.3 is 5.97 Å². The molecular weight excluding hydrogens is 258 g/mol. The first kappa shape index (κ1) is 13.2. The van der Waals surface area contributed by atoms with Gasteiger partial charge in [-0.05, 0) is 43.6 Å². The van der Waals surface area contributed by atoms with E-state index >= 15 is 0 Å². The molecule has 0 amide bonds. The van der Waals surface area contributed by atoms with Gasteiger partial charge in [0, 0.05) is 6.54 Å². The second-order valence-corrected chi connectivity index (χ2v) is 5.36. The van der Waals surface area contributed by atoms with Crippen LogP contribution in [-0.2, 0) is 4.79 Å². The number of nitrogens with zero attached hydrogens (tertiary/aromatic N) is 1. The largest absolute Gasteiger partial charge is 0.481 e. The van der Waals surface area contributed by atoms with Gasteiger partial charge in [-0.3, -0.25) is 4.79 Å². The van der Waals surface area contributed by atoms with Gasteiger partial charge in [0.15, 0.2) is 11.5 Å². The number of fused-ring (bicyclic) bond motifs is 1. The van der Waals surface area contributed by atoms with Crippen LogP contribution in [0, 0.1) is 0 Å². The summed E-state index contributed by atoms with van der Waals surface area (Å²) in [6, 6.07) is 5.42. The van der Waals surface area contributed by atoms with Gasteiger partial charge in [0.25, 0.3) is 0 Å². The molecule has 20 heavy (non-hydrogen) atoms. The summed E-state index contributed by atoms with van der Waals surface area (Å²) in [6.07, 6.45) is 3.57. The van der Waals surface area contributed by atoms with Crippen LogP contribution in [0.25, 0.3) is 0 Å². The van der Waals surface area contributed by atoms with Gasteiger partial charge in [-0.15, -0.1) is 0 Å². The Balaban J connectivity index is 1.77. The van der Waals surface area contributed by atoms with Crippen LogP contribution in [0.1, 0.15) is 30.7 Å². The molecule has 5 nitrogen and oxygen atoms in total. The zero-order valence-electron chi connectivity index (χ0n) is 11.4. The Morgan fingerprint density at radius 3 is 2.70 bits per heavy atom. The highest BCUT2D eigenvalue weighted by atomic mass is 16.7. The maximum absolute atomic E-state index is 11.6. The minimum Gasteiger partial charge on any atom is -0.481 e. The van der Waals surface area contributed by atoms with E-state index in [1.165, 1.54) is 6.42 Å². The van der Waals surface area contributed by atoms with Crippen molar-refractivity contribution in [1.29, 1.82) is 0 Å². The summed E-state index contributed by atoms with van der Waals surface area (Å²) in [5, 5.41) is 9.51. The normalized spacial score (nSPS) is 19.8. The average molecular weight is 277 g/mol. The Bertz CT molecular complexity index is 497. The number of ether oxygens (including phenoxy) is 2. The third-order valence-corrected chi connectivity index (χ3v) is 3.99. The third-order valence-electron chi connectivity index (χ3n) is 3.99. The van der Waals surface area contributed by atoms with Crippen LogP contribution >= 0.6 is 0 Å². The van der Waals surface area contributed by atoms with E-state index in [1.807, 2.05) is 6.07 Å². The lowest BCUT2D eigenvalue weighted by atomic mass is 9.97. The fourth-order valence-electron chi connectivity index (χ4n) is 2.86. The van der Waals surface area contributed by atoms with Crippen molar-refractivity contribution in [2.75, 3.05) is 26.4 Å². The first-order chi connectivity index (χ1) is 9.74. The summed E-state index contributed by atoms with van der Waals surface area (Å²) in [6.45, 7) is 2.76. The number of piperidine rings is 1. The molecule has 0 aromatic heterocycles. The van der Waals surface area contributed by atoms with Gasteiger partial charge < -0.3 is 19.5 Å².